The van der Waals surface area contributed by atoms with Crippen LogP contribution in [-0.4, -0.2) is 31.8 Å². The molecular weight excluding hydrogens is 306 g/mol. The van der Waals surface area contributed by atoms with E-state index in [0.717, 1.165) is 12.1 Å². The first-order chi connectivity index (χ1) is 9.55. The summed E-state index contributed by atoms with van der Waals surface area (Å²) in [5.74, 6) is -2.68. The van der Waals surface area contributed by atoms with Crippen LogP contribution in [0.25, 0.3) is 0 Å². The van der Waals surface area contributed by atoms with Gasteiger partial charge in [-0.2, -0.15) is 0 Å². The number of halogens is 3. The van der Waals surface area contributed by atoms with Crippen molar-refractivity contribution >= 4 is 24.0 Å². The topological polar surface area (TPSA) is 73.6 Å². The predicted molar refractivity (Wildman–Crippen MR) is 75.7 cm³/mol. The molecule has 2 atom stereocenters. The SMILES string of the molecule is COc1c(F)cc(NC(=O)[C@@H]2CC[C@H](CN)O2)cc1F.Cl. The second-order valence-corrected chi connectivity index (χ2v) is 4.52. The molecule has 118 valence electrons. The van der Waals surface area contributed by atoms with E-state index in [2.05, 4.69) is 10.1 Å². The molecule has 21 heavy (non-hydrogen) atoms. The summed E-state index contributed by atoms with van der Waals surface area (Å²) in [6, 6.07) is 1.99. The van der Waals surface area contributed by atoms with Gasteiger partial charge in [-0.1, -0.05) is 0 Å². The van der Waals surface area contributed by atoms with Crippen molar-refractivity contribution in [1.82, 2.24) is 0 Å². The van der Waals surface area contributed by atoms with Gasteiger partial charge in [0.1, 0.15) is 6.10 Å². The Kier molecular flexibility index (Phi) is 6.32. The Bertz CT molecular complexity index is 493. The number of hydrogen-bond acceptors (Lipinski definition) is 4. The van der Waals surface area contributed by atoms with Crippen molar-refractivity contribution in [2.24, 2.45) is 5.73 Å². The van der Waals surface area contributed by atoms with Gasteiger partial charge in [0.05, 0.1) is 13.2 Å². The van der Waals surface area contributed by atoms with Gasteiger partial charge in [-0.25, -0.2) is 8.78 Å². The lowest BCUT2D eigenvalue weighted by molar-refractivity contribution is -0.126. The summed E-state index contributed by atoms with van der Waals surface area (Å²) < 4.78 is 36.9. The van der Waals surface area contributed by atoms with Crippen molar-refractivity contribution in [3.8, 4) is 5.75 Å². The van der Waals surface area contributed by atoms with E-state index >= 15 is 0 Å². The lowest BCUT2D eigenvalue weighted by Gasteiger charge is -2.13. The number of hydrogen-bond donors (Lipinski definition) is 2. The van der Waals surface area contributed by atoms with Crippen molar-refractivity contribution in [2.45, 2.75) is 25.0 Å². The maximum atomic E-state index is 13.5. The first-order valence-electron chi connectivity index (χ1n) is 6.24. The first kappa shape index (κ1) is 17.6. The smallest absolute Gasteiger partial charge is 0.253 e. The third-order valence-corrected chi connectivity index (χ3v) is 3.13. The van der Waals surface area contributed by atoms with Crippen molar-refractivity contribution in [3.63, 3.8) is 0 Å². The molecule has 0 spiro atoms. The Labute approximate surface area is 127 Å². The normalized spacial score (nSPS) is 20.8. The Hall–Kier alpha value is -1.44. The molecule has 5 nitrogen and oxygen atoms in total. The van der Waals surface area contributed by atoms with Crippen LogP contribution < -0.4 is 15.8 Å². The molecule has 1 heterocycles. The molecule has 1 aromatic carbocycles. The van der Waals surface area contributed by atoms with E-state index in [1.807, 2.05) is 0 Å². The van der Waals surface area contributed by atoms with Gasteiger partial charge in [-0.3, -0.25) is 4.79 Å². The Balaban J connectivity index is 0.00000220. The zero-order valence-corrected chi connectivity index (χ0v) is 12.2. The number of benzene rings is 1. The zero-order chi connectivity index (χ0) is 14.7. The molecule has 0 aromatic heterocycles. The average molecular weight is 323 g/mol. The minimum atomic E-state index is -0.880. The van der Waals surface area contributed by atoms with E-state index < -0.39 is 29.4 Å². The molecule has 3 N–H and O–H groups in total. The molecule has 0 bridgehead atoms. The summed E-state index contributed by atoms with van der Waals surface area (Å²) in [5, 5.41) is 2.42. The standard InChI is InChI=1S/C13H16F2N2O3.ClH/c1-19-12-9(14)4-7(5-10(12)15)17-13(18)11-3-2-8(6-16)20-11;/h4-5,8,11H,2-3,6,16H2,1H3,(H,17,18);1H/t8-,11+;/m1./s1. The van der Waals surface area contributed by atoms with Gasteiger partial charge in [0.25, 0.3) is 5.91 Å². The van der Waals surface area contributed by atoms with E-state index in [1.165, 1.54) is 7.11 Å². The molecule has 1 fully saturated rings. The van der Waals surface area contributed by atoms with Gasteiger partial charge >= 0.3 is 0 Å². The van der Waals surface area contributed by atoms with Crippen LogP contribution in [0.15, 0.2) is 12.1 Å². The van der Waals surface area contributed by atoms with Crippen molar-refractivity contribution in [3.05, 3.63) is 23.8 Å². The number of carbonyl (C=O) groups is 1. The third kappa shape index (κ3) is 4.03. The average Bonchev–Trinajstić information content (AvgIpc) is 2.87. The monoisotopic (exact) mass is 322 g/mol. The van der Waals surface area contributed by atoms with Crippen LogP contribution in [-0.2, 0) is 9.53 Å². The van der Waals surface area contributed by atoms with Crippen LogP contribution in [0, 0.1) is 11.6 Å². The van der Waals surface area contributed by atoms with Crippen LogP contribution in [0.2, 0.25) is 0 Å². The number of carbonyl (C=O) groups excluding carboxylic acids is 1. The molecule has 0 radical (unpaired) electrons. The summed E-state index contributed by atoms with van der Waals surface area (Å²) in [7, 11) is 1.17. The summed E-state index contributed by atoms with van der Waals surface area (Å²) in [6.07, 6.45) is 0.446. The number of nitrogens with one attached hydrogen (secondary N) is 1. The molecule has 1 amide bonds. The fraction of sp³-hybridized carbons (Fsp3) is 0.462. The second-order valence-electron chi connectivity index (χ2n) is 4.52. The van der Waals surface area contributed by atoms with Crippen molar-refractivity contribution in [1.29, 1.82) is 0 Å². The highest BCUT2D eigenvalue weighted by Crippen LogP contribution is 2.26. The fourth-order valence-electron chi connectivity index (χ4n) is 2.12. The Morgan fingerprint density at radius 3 is 2.52 bits per heavy atom. The lowest BCUT2D eigenvalue weighted by Crippen LogP contribution is -2.29. The van der Waals surface area contributed by atoms with E-state index in [0.29, 0.717) is 19.4 Å². The van der Waals surface area contributed by atoms with Crippen LogP contribution in [0.4, 0.5) is 14.5 Å². The quantitative estimate of drug-likeness (QED) is 0.887. The van der Waals surface area contributed by atoms with Gasteiger partial charge in [0.15, 0.2) is 17.4 Å². The summed E-state index contributed by atoms with van der Waals surface area (Å²) >= 11 is 0. The number of ether oxygens (including phenoxy) is 2. The Morgan fingerprint density at radius 2 is 2.05 bits per heavy atom. The molecule has 1 aliphatic rings. The molecule has 8 heteroatoms. The molecule has 1 aromatic rings. The van der Waals surface area contributed by atoms with Crippen LogP contribution in [0.3, 0.4) is 0 Å². The number of amides is 1. The minimum absolute atomic E-state index is 0. The summed E-state index contributed by atoms with van der Waals surface area (Å²) in [6.45, 7) is 0.343. The highest BCUT2D eigenvalue weighted by molar-refractivity contribution is 5.94. The summed E-state index contributed by atoms with van der Waals surface area (Å²) in [4.78, 5) is 11.9. The molecule has 0 saturated carbocycles. The maximum absolute atomic E-state index is 13.5. The highest BCUT2D eigenvalue weighted by atomic mass is 35.5. The van der Waals surface area contributed by atoms with Crippen LogP contribution in [0.5, 0.6) is 5.75 Å². The van der Waals surface area contributed by atoms with Crippen molar-refractivity contribution in [2.75, 3.05) is 19.0 Å². The minimum Gasteiger partial charge on any atom is -0.491 e. The van der Waals surface area contributed by atoms with Gasteiger partial charge in [0, 0.05) is 24.4 Å². The highest BCUT2D eigenvalue weighted by Gasteiger charge is 2.30. The molecule has 2 rings (SSSR count). The van der Waals surface area contributed by atoms with E-state index in [-0.39, 0.29) is 24.2 Å². The zero-order valence-electron chi connectivity index (χ0n) is 11.4. The predicted octanol–water partition coefficient (Wildman–Crippen LogP) is 1.84. The van der Waals surface area contributed by atoms with Crippen LogP contribution in [0.1, 0.15) is 12.8 Å². The lowest BCUT2D eigenvalue weighted by atomic mass is 10.2. The number of nitrogens with two attached hydrogens (primary N) is 1. The maximum Gasteiger partial charge on any atom is 0.253 e. The number of rotatable bonds is 4. The molecular formula is C13H17ClF2N2O3. The van der Waals surface area contributed by atoms with E-state index in [1.54, 1.807) is 0 Å². The molecule has 0 aliphatic carbocycles. The van der Waals surface area contributed by atoms with Gasteiger partial charge < -0.3 is 20.5 Å². The second kappa shape index (κ2) is 7.53. The van der Waals surface area contributed by atoms with Crippen molar-refractivity contribution < 1.29 is 23.0 Å². The third-order valence-electron chi connectivity index (χ3n) is 3.13. The molecule has 1 aliphatic heterocycles. The first-order valence-corrected chi connectivity index (χ1v) is 6.24. The van der Waals surface area contributed by atoms with Gasteiger partial charge in [-0.05, 0) is 12.8 Å². The van der Waals surface area contributed by atoms with Crippen LogP contribution >= 0.6 is 12.4 Å². The number of methoxy groups -OCH3 is 1. The molecule has 0 unspecified atom stereocenters. The van der Waals surface area contributed by atoms with E-state index in [9.17, 15) is 13.6 Å². The number of anilines is 1. The Morgan fingerprint density at radius 1 is 1.43 bits per heavy atom. The van der Waals surface area contributed by atoms with E-state index in [4.69, 9.17) is 10.5 Å². The van der Waals surface area contributed by atoms with Gasteiger partial charge in [-0.15, -0.1) is 12.4 Å². The summed E-state index contributed by atoms with van der Waals surface area (Å²) in [5.41, 5.74) is 5.47. The van der Waals surface area contributed by atoms with Gasteiger partial charge in [0.2, 0.25) is 0 Å². The largest absolute Gasteiger partial charge is 0.491 e. The molecule has 1 saturated heterocycles. The fourth-order valence-corrected chi connectivity index (χ4v) is 2.12.